The summed E-state index contributed by atoms with van der Waals surface area (Å²) in [6, 6.07) is 3.11. The number of ether oxygens (including phenoxy) is 1. The number of pyridine rings is 1. The maximum atomic E-state index is 11.6. The van der Waals surface area contributed by atoms with Crippen LogP contribution in [0.3, 0.4) is 0 Å². The van der Waals surface area contributed by atoms with Crippen molar-refractivity contribution in [3.63, 3.8) is 0 Å². The summed E-state index contributed by atoms with van der Waals surface area (Å²) in [5, 5.41) is 4.59. The van der Waals surface area contributed by atoms with Crippen molar-refractivity contribution in [2.24, 2.45) is 5.73 Å². The van der Waals surface area contributed by atoms with Crippen molar-refractivity contribution in [2.75, 3.05) is 19.2 Å². The molecule has 0 aromatic carbocycles. The van der Waals surface area contributed by atoms with Crippen molar-refractivity contribution in [3.8, 4) is 0 Å². The van der Waals surface area contributed by atoms with Gasteiger partial charge in [0.2, 0.25) is 5.91 Å². The number of aromatic nitrogens is 4. The fourth-order valence-corrected chi connectivity index (χ4v) is 3.34. The van der Waals surface area contributed by atoms with E-state index in [4.69, 9.17) is 10.5 Å². The molecule has 0 unspecified atom stereocenters. The molecular weight excluding hydrogens is 368 g/mol. The number of nitrogens with zero attached hydrogens (tertiary/aromatic N) is 3. The molecule has 0 aliphatic carbocycles. The summed E-state index contributed by atoms with van der Waals surface area (Å²) in [6.07, 6.45) is 2.95. The topological polar surface area (TPSA) is 136 Å². The Morgan fingerprint density at radius 3 is 2.93 bits per heavy atom. The maximum Gasteiger partial charge on any atom is 0.248 e. The predicted octanol–water partition coefficient (Wildman–Crippen LogP) is 1.99. The van der Waals surface area contributed by atoms with Gasteiger partial charge in [0.05, 0.1) is 5.39 Å². The molecule has 4 N–H and O–H groups in total. The molecule has 0 fully saturated rings. The van der Waals surface area contributed by atoms with Crippen LogP contribution >= 0.6 is 11.8 Å². The first kappa shape index (κ1) is 18.8. The second-order valence-electron chi connectivity index (χ2n) is 5.53. The second kappa shape index (κ2) is 8.14. The van der Waals surface area contributed by atoms with Crippen LogP contribution in [-0.4, -0.2) is 46.0 Å². The highest BCUT2D eigenvalue weighted by Gasteiger charge is 2.18. The highest BCUT2D eigenvalue weighted by Crippen LogP contribution is 2.31. The molecule has 27 heavy (non-hydrogen) atoms. The lowest BCUT2D eigenvalue weighted by atomic mass is 10.1. The van der Waals surface area contributed by atoms with Crippen molar-refractivity contribution in [3.05, 3.63) is 35.2 Å². The summed E-state index contributed by atoms with van der Waals surface area (Å²) < 4.78 is 5.06. The zero-order valence-electron chi connectivity index (χ0n) is 14.8. The van der Waals surface area contributed by atoms with Gasteiger partial charge in [-0.2, -0.15) is 0 Å². The number of anilines is 1. The first-order valence-electron chi connectivity index (χ1n) is 8.11. The minimum atomic E-state index is -0.536. The van der Waals surface area contributed by atoms with Gasteiger partial charge in [0.15, 0.2) is 11.4 Å². The molecule has 0 aliphatic rings. The molecule has 0 atom stereocenters. The van der Waals surface area contributed by atoms with E-state index < -0.39 is 5.91 Å². The number of hydrogen-bond donors (Lipinski definition) is 3. The van der Waals surface area contributed by atoms with Gasteiger partial charge in [-0.25, -0.2) is 15.0 Å². The lowest BCUT2D eigenvalue weighted by molar-refractivity contribution is 0.0999. The van der Waals surface area contributed by atoms with Gasteiger partial charge in [-0.15, -0.1) is 0 Å². The lowest BCUT2D eigenvalue weighted by Gasteiger charge is -2.08. The SMILES string of the molecule is CCc1[nH]c2nc(Sc3cc(C(N)=O)ccn3)nc(NCOC)c2c1C=O. The Labute approximate surface area is 159 Å². The highest BCUT2D eigenvalue weighted by atomic mass is 32.2. The summed E-state index contributed by atoms with van der Waals surface area (Å²) in [4.78, 5) is 39.3. The molecule has 0 radical (unpaired) electrons. The van der Waals surface area contributed by atoms with E-state index in [-0.39, 0.29) is 6.73 Å². The average molecular weight is 386 g/mol. The standard InChI is InChI=1S/C17H18N6O3S/c1-3-11-10(7-24)13-15(20-8-26-2)22-17(23-16(13)21-11)27-12-6-9(14(18)25)4-5-19-12/h4-7H,3,8H2,1-2H3,(H2,18,25)(H2,20,21,22,23). The Morgan fingerprint density at radius 1 is 1.44 bits per heavy atom. The largest absolute Gasteiger partial charge is 0.366 e. The molecule has 0 aliphatic heterocycles. The van der Waals surface area contributed by atoms with Crippen LogP contribution in [0.1, 0.15) is 33.3 Å². The smallest absolute Gasteiger partial charge is 0.248 e. The van der Waals surface area contributed by atoms with E-state index in [9.17, 15) is 9.59 Å². The zero-order chi connectivity index (χ0) is 19.4. The Bertz CT molecular complexity index is 1000. The van der Waals surface area contributed by atoms with Crippen LogP contribution in [0.4, 0.5) is 5.82 Å². The molecule has 3 rings (SSSR count). The lowest BCUT2D eigenvalue weighted by Crippen LogP contribution is -2.11. The summed E-state index contributed by atoms with van der Waals surface area (Å²) in [5.41, 5.74) is 7.51. The number of methoxy groups -OCH3 is 1. The molecule has 9 nitrogen and oxygen atoms in total. The molecule has 0 bridgehead atoms. The van der Waals surface area contributed by atoms with Crippen LogP contribution in [0, 0.1) is 0 Å². The Kier molecular flexibility index (Phi) is 5.67. The van der Waals surface area contributed by atoms with E-state index >= 15 is 0 Å². The molecule has 0 saturated carbocycles. The number of nitrogens with two attached hydrogens (primary N) is 1. The number of aldehydes is 1. The number of amides is 1. The summed E-state index contributed by atoms with van der Waals surface area (Å²) in [7, 11) is 1.55. The molecule has 1 amide bonds. The summed E-state index contributed by atoms with van der Waals surface area (Å²) >= 11 is 1.18. The van der Waals surface area contributed by atoms with Crippen molar-refractivity contribution in [1.29, 1.82) is 0 Å². The monoisotopic (exact) mass is 386 g/mol. The first-order chi connectivity index (χ1) is 13.1. The quantitative estimate of drug-likeness (QED) is 0.304. The van der Waals surface area contributed by atoms with Crippen molar-refractivity contribution < 1.29 is 14.3 Å². The van der Waals surface area contributed by atoms with Crippen molar-refractivity contribution >= 4 is 40.8 Å². The van der Waals surface area contributed by atoms with E-state index in [0.29, 0.717) is 44.6 Å². The molecule has 10 heteroatoms. The minimum absolute atomic E-state index is 0.219. The maximum absolute atomic E-state index is 11.6. The number of carbonyl (C=O) groups excluding carboxylic acids is 2. The third-order valence-electron chi connectivity index (χ3n) is 3.82. The molecule has 140 valence electrons. The summed E-state index contributed by atoms with van der Waals surface area (Å²) in [5.74, 6) is -0.0564. The number of carbonyl (C=O) groups is 2. The number of rotatable bonds is 8. The molecule has 3 aromatic rings. The average Bonchev–Trinajstić information content (AvgIpc) is 3.04. The normalized spacial score (nSPS) is 10.9. The van der Waals surface area contributed by atoms with Gasteiger partial charge in [-0.05, 0) is 30.3 Å². The van der Waals surface area contributed by atoms with Crippen LogP contribution in [0.15, 0.2) is 28.5 Å². The van der Waals surface area contributed by atoms with E-state index in [2.05, 4.69) is 25.3 Å². The van der Waals surface area contributed by atoms with E-state index in [1.54, 1.807) is 13.2 Å². The van der Waals surface area contributed by atoms with E-state index in [1.165, 1.54) is 24.0 Å². The fraction of sp³-hybridized carbons (Fsp3) is 0.235. The minimum Gasteiger partial charge on any atom is -0.366 e. The van der Waals surface area contributed by atoms with Crippen LogP contribution in [-0.2, 0) is 11.2 Å². The van der Waals surface area contributed by atoms with Gasteiger partial charge in [0.25, 0.3) is 0 Å². The van der Waals surface area contributed by atoms with Crippen molar-refractivity contribution in [1.82, 2.24) is 19.9 Å². The molecule has 0 saturated heterocycles. The third-order valence-corrected chi connectivity index (χ3v) is 4.62. The Morgan fingerprint density at radius 2 is 2.26 bits per heavy atom. The highest BCUT2D eigenvalue weighted by molar-refractivity contribution is 7.99. The van der Waals surface area contributed by atoms with Gasteiger partial charge in [-0.1, -0.05) is 6.92 Å². The number of H-pyrrole nitrogens is 1. The van der Waals surface area contributed by atoms with Gasteiger partial charge in [-0.3, -0.25) is 9.59 Å². The van der Waals surface area contributed by atoms with Crippen LogP contribution in [0.2, 0.25) is 0 Å². The summed E-state index contributed by atoms with van der Waals surface area (Å²) in [6.45, 7) is 2.17. The number of hydrogen-bond acceptors (Lipinski definition) is 8. The van der Waals surface area contributed by atoms with Crippen LogP contribution in [0.25, 0.3) is 11.0 Å². The predicted molar refractivity (Wildman–Crippen MR) is 101 cm³/mol. The van der Waals surface area contributed by atoms with Crippen LogP contribution in [0.5, 0.6) is 0 Å². The van der Waals surface area contributed by atoms with Crippen LogP contribution < -0.4 is 11.1 Å². The molecule has 0 spiro atoms. The molecule has 3 heterocycles. The van der Waals surface area contributed by atoms with Crippen molar-refractivity contribution in [2.45, 2.75) is 23.5 Å². The number of aromatic amines is 1. The molecule has 3 aromatic heterocycles. The molecular formula is C17H18N6O3S. The van der Waals surface area contributed by atoms with Gasteiger partial charge >= 0.3 is 0 Å². The van der Waals surface area contributed by atoms with Gasteiger partial charge in [0.1, 0.15) is 23.2 Å². The second-order valence-corrected chi connectivity index (χ2v) is 6.51. The van der Waals surface area contributed by atoms with E-state index in [1.807, 2.05) is 6.92 Å². The third kappa shape index (κ3) is 3.91. The zero-order valence-corrected chi connectivity index (χ0v) is 15.6. The van der Waals surface area contributed by atoms with Gasteiger partial charge < -0.3 is 20.8 Å². The number of primary amides is 1. The Hall–Kier alpha value is -2.98. The van der Waals surface area contributed by atoms with Gasteiger partial charge in [0, 0.05) is 30.1 Å². The Balaban J connectivity index is 2.07. The van der Waals surface area contributed by atoms with E-state index in [0.717, 1.165) is 12.0 Å². The number of nitrogens with one attached hydrogen (secondary N) is 2. The first-order valence-corrected chi connectivity index (χ1v) is 8.93. The fourth-order valence-electron chi connectivity index (χ4n) is 2.58. The number of fused-ring (bicyclic) bond motifs is 1. The number of aryl methyl sites for hydroxylation is 1.